The van der Waals surface area contributed by atoms with Gasteiger partial charge in [0.1, 0.15) is 0 Å². The third-order valence-corrected chi connectivity index (χ3v) is 17.5. The van der Waals surface area contributed by atoms with Gasteiger partial charge in [-0.2, -0.15) is 0 Å². The Balaban J connectivity index is 3.48. The lowest BCUT2D eigenvalue weighted by molar-refractivity contribution is 1.27. The molecule has 0 saturated heterocycles. The van der Waals surface area contributed by atoms with Crippen LogP contribution in [0.5, 0.6) is 0 Å². The third-order valence-electron chi connectivity index (χ3n) is 3.33. The molecule has 0 aliphatic rings. The highest BCUT2D eigenvalue weighted by atomic mass is 35.7. The van der Waals surface area contributed by atoms with Crippen LogP contribution in [0, 0.1) is 0 Å². The van der Waals surface area contributed by atoms with E-state index in [2.05, 4.69) is 76.5 Å². The first kappa shape index (κ1) is 17.2. The smallest absolute Gasteiger partial charge is 0.172 e. The summed E-state index contributed by atoms with van der Waals surface area (Å²) in [6, 6.07) is 10.6. The fourth-order valence-corrected chi connectivity index (χ4v) is 17.7. The highest BCUT2D eigenvalue weighted by molar-refractivity contribution is 7.99. The standard InChI is InChI=1S/C14H27ClNPSi2/c1-13(18(2,3)4)17(15,16-19(5,6)7)14-11-9-8-10-12-14/h8-13H,1-7H3. The van der Waals surface area contributed by atoms with Gasteiger partial charge in [-0.05, 0) is 0 Å². The molecule has 19 heavy (non-hydrogen) atoms. The second-order valence-corrected chi connectivity index (χ2v) is 22.5. The van der Waals surface area contributed by atoms with Crippen LogP contribution in [0.15, 0.2) is 34.7 Å². The monoisotopic (exact) mass is 331 g/mol. The Morgan fingerprint density at radius 1 is 1.00 bits per heavy atom. The molecule has 1 nitrogen and oxygen atoms in total. The summed E-state index contributed by atoms with van der Waals surface area (Å²) in [7, 11) is -2.89. The molecule has 0 saturated carbocycles. The maximum Gasteiger partial charge on any atom is 0.172 e. The summed E-state index contributed by atoms with van der Waals surface area (Å²) < 4.78 is 5.23. The van der Waals surface area contributed by atoms with Crippen molar-refractivity contribution in [1.82, 2.24) is 0 Å². The number of halogens is 1. The predicted octanol–water partition coefficient (Wildman–Crippen LogP) is 5.77. The Labute approximate surface area is 125 Å². The molecule has 0 aliphatic heterocycles. The summed E-state index contributed by atoms with van der Waals surface area (Å²) in [6.45, 7) is 16.4. The first-order chi connectivity index (χ1) is 8.47. The van der Waals surface area contributed by atoms with Gasteiger partial charge in [-0.1, -0.05) is 87.8 Å². The van der Waals surface area contributed by atoms with Crippen LogP contribution in [-0.4, -0.2) is 21.6 Å². The van der Waals surface area contributed by atoms with Gasteiger partial charge in [0.15, 0.2) is 8.24 Å². The minimum Gasteiger partial charge on any atom is -0.320 e. The number of hydrogen-bond acceptors (Lipinski definition) is 1. The zero-order chi connectivity index (χ0) is 14.9. The molecule has 0 heterocycles. The normalized spacial score (nSPS) is 17.7. The van der Waals surface area contributed by atoms with Gasteiger partial charge in [-0.25, -0.2) is 0 Å². The molecule has 1 aromatic carbocycles. The van der Waals surface area contributed by atoms with E-state index in [9.17, 15) is 0 Å². The molecule has 108 valence electrons. The first-order valence-electron chi connectivity index (χ1n) is 6.85. The molecule has 0 fully saturated rings. The molecule has 0 aliphatic carbocycles. The van der Waals surface area contributed by atoms with E-state index in [1.807, 2.05) is 0 Å². The van der Waals surface area contributed by atoms with Crippen LogP contribution in [0.4, 0.5) is 0 Å². The molecule has 0 N–H and O–H groups in total. The van der Waals surface area contributed by atoms with E-state index in [4.69, 9.17) is 15.7 Å². The van der Waals surface area contributed by atoms with E-state index in [-0.39, 0.29) is 0 Å². The fourth-order valence-electron chi connectivity index (χ4n) is 1.95. The Morgan fingerprint density at radius 3 is 1.84 bits per heavy atom. The van der Waals surface area contributed by atoms with Crippen molar-refractivity contribution >= 4 is 39.3 Å². The second kappa shape index (κ2) is 5.89. The zero-order valence-electron chi connectivity index (χ0n) is 13.2. The quantitative estimate of drug-likeness (QED) is 0.490. The predicted molar refractivity (Wildman–Crippen MR) is 97.4 cm³/mol. The van der Waals surface area contributed by atoms with Gasteiger partial charge in [-0.3, -0.25) is 0 Å². The largest absolute Gasteiger partial charge is 0.320 e. The van der Waals surface area contributed by atoms with E-state index in [0.29, 0.717) is 5.28 Å². The molecule has 0 radical (unpaired) electrons. The lowest BCUT2D eigenvalue weighted by Gasteiger charge is -2.36. The maximum atomic E-state index is 7.20. The Kier molecular flexibility index (Phi) is 5.34. The molecule has 2 atom stereocenters. The van der Waals surface area contributed by atoms with E-state index in [1.165, 1.54) is 5.30 Å². The maximum absolute atomic E-state index is 7.20. The Morgan fingerprint density at radius 2 is 1.47 bits per heavy atom. The molecule has 2 unspecified atom stereocenters. The lowest BCUT2D eigenvalue weighted by atomic mass is 10.4. The second-order valence-electron chi connectivity index (χ2n) is 7.25. The minimum atomic E-state index is -1.94. The van der Waals surface area contributed by atoms with Gasteiger partial charge >= 0.3 is 0 Å². The summed E-state index contributed by atoms with van der Waals surface area (Å²) in [5.74, 6) is 0. The number of nitrogens with zero attached hydrogens (tertiary/aromatic N) is 1. The highest BCUT2D eigenvalue weighted by Gasteiger charge is 2.37. The molecule has 0 aromatic heterocycles. The Hall–Kier alpha value is 0.174. The molecule has 1 aromatic rings. The van der Waals surface area contributed by atoms with Crippen molar-refractivity contribution in [2.24, 2.45) is 4.41 Å². The van der Waals surface area contributed by atoms with Crippen LogP contribution in [0.3, 0.4) is 0 Å². The van der Waals surface area contributed by atoms with Crippen LogP contribution < -0.4 is 5.30 Å². The SMILES string of the molecule is CC([Si](C)(C)C)P(Cl)(=N[Si](C)(C)C)c1ccccc1. The molecule has 0 bridgehead atoms. The van der Waals surface area contributed by atoms with E-state index >= 15 is 0 Å². The van der Waals surface area contributed by atoms with Gasteiger partial charge < -0.3 is 4.41 Å². The van der Waals surface area contributed by atoms with E-state index in [0.717, 1.165) is 0 Å². The van der Waals surface area contributed by atoms with E-state index in [1.54, 1.807) is 0 Å². The van der Waals surface area contributed by atoms with Crippen LogP contribution >= 0.6 is 17.6 Å². The van der Waals surface area contributed by atoms with Crippen molar-refractivity contribution in [3.63, 3.8) is 0 Å². The number of rotatable bonds is 4. The van der Waals surface area contributed by atoms with Gasteiger partial charge in [0.2, 0.25) is 0 Å². The van der Waals surface area contributed by atoms with Crippen LogP contribution in [0.1, 0.15) is 6.92 Å². The fraction of sp³-hybridized carbons (Fsp3) is 0.571. The van der Waals surface area contributed by atoms with Crippen LogP contribution in [0.25, 0.3) is 0 Å². The molecule has 0 amide bonds. The molecule has 0 spiro atoms. The average Bonchev–Trinajstić information content (AvgIpc) is 2.25. The van der Waals surface area contributed by atoms with Crippen molar-refractivity contribution in [1.29, 1.82) is 0 Å². The van der Waals surface area contributed by atoms with Crippen LogP contribution in [-0.2, 0) is 0 Å². The van der Waals surface area contributed by atoms with Gasteiger partial charge in [0.25, 0.3) is 0 Å². The van der Waals surface area contributed by atoms with Gasteiger partial charge in [0, 0.05) is 10.6 Å². The topological polar surface area (TPSA) is 12.4 Å². The lowest BCUT2D eigenvalue weighted by Crippen LogP contribution is -2.37. The number of hydrogen-bond donors (Lipinski definition) is 0. The minimum absolute atomic E-state index is 0.510. The summed E-state index contributed by atoms with van der Waals surface area (Å²) in [5, 5.41) is 1.77. The summed E-state index contributed by atoms with van der Waals surface area (Å²) >= 11 is 7.20. The van der Waals surface area contributed by atoms with Crippen molar-refractivity contribution in [2.45, 2.75) is 51.5 Å². The van der Waals surface area contributed by atoms with E-state index < -0.39 is 22.7 Å². The molecular formula is C14H27ClNPSi2. The van der Waals surface area contributed by atoms with Gasteiger partial charge in [-0.15, -0.1) is 0 Å². The van der Waals surface area contributed by atoms with Crippen molar-refractivity contribution in [2.75, 3.05) is 0 Å². The van der Waals surface area contributed by atoms with Crippen molar-refractivity contribution in [3.05, 3.63) is 30.3 Å². The first-order valence-corrected chi connectivity index (χ1v) is 16.6. The molecule has 1 rings (SSSR count). The van der Waals surface area contributed by atoms with Crippen molar-refractivity contribution < 1.29 is 0 Å². The number of benzene rings is 1. The Bertz CT molecular complexity index is 474. The third kappa shape index (κ3) is 4.59. The summed E-state index contributed by atoms with van der Waals surface area (Å²) in [6.07, 6.45) is -1.94. The van der Waals surface area contributed by atoms with Crippen LogP contribution in [0.2, 0.25) is 39.3 Å². The summed E-state index contributed by atoms with van der Waals surface area (Å²) in [5.41, 5.74) is 0. The molecular weight excluding hydrogens is 305 g/mol. The zero-order valence-corrected chi connectivity index (χ0v) is 16.9. The summed E-state index contributed by atoms with van der Waals surface area (Å²) in [4.78, 5) is 0. The van der Waals surface area contributed by atoms with Crippen molar-refractivity contribution in [3.8, 4) is 0 Å². The highest BCUT2D eigenvalue weighted by Crippen LogP contribution is 2.61. The average molecular weight is 332 g/mol. The molecule has 5 heteroatoms. The van der Waals surface area contributed by atoms with Gasteiger partial charge in [0.05, 0.1) is 14.5 Å².